The second-order valence-corrected chi connectivity index (χ2v) is 7.66. The van der Waals surface area contributed by atoms with Gasteiger partial charge in [0.2, 0.25) is 5.91 Å². The molecule has 2 fully saturated rings. The van der Waals surface area contributed by atoms with Crippen molar-refractivity contribution in [3.8, 4) is 0 Å². The maximum Gasteiger partial charge on any atom is 0.251 e. The van der Waals surface area contributed by atoms with Gasteiger partial charge in [-0.15, -0.1) is 0 Å². The van der Waals surface area contributed by atoms with Crippen LogP contribution in [0.4, 0.5) is 4.39 Å². The molecule has 4 rings (SSSR count). The van der Waals surface area contributed by atoms with Crippen molar-refractivity contribution < 1.29 is 14.0 Å². The quantitative estimate of drug-likeness (QED) is 0.875. The van der Waals surface area contributed by atoms with Crippen LogP contribution in [0.5, 0.6) is 0 Å². The van der Waals surface area contributed by atoms with E-state index in [-0.39, 0.29) is 46.8 Å². The van der Waals surface area contributed by atoms with Gasteiger partial charge in [0.15, 0.2) is 0 Å². The predicted molar refractivity (Wildman–Crippen MR) is 101 cm³/mol. The highest BCUT2D eigenvalue weighted by molar-refractivity contribution is 6.31. The fourth-order valence-corrected chi connectivity index (χ4v) is 4.46. The van der Waals surface area contributed by atoms with Gasteiger partial charge >= 0.3 is 0 Å². The molecule has 1 aliphatic heterocycles. The molecular weight excluding hydrogens is 367 g/mol. The Hall–Kier alpha value is -2.40. The van der Waals surface area contributed by atoms with Crippen molar-refractivity contribution in [1.82, 2.24) is 10.2 Å². The first-order chi connectivity index (χ1) is 13.0. The smallest absolute Gasteiger partial charge is 0.251 e. The molecule has 0 radical (unpaired) electrons. The molecular formula is C21H20ClFN2O2. The zero-order chi connectivity index (χ0) is 19.0. The van der Waals surface area contributed by atoms with Crippen LogP contribution in [-0.2, 0) is 11.2 Å². The zero-order valence-electron chi connectivity index (χ0n) is 14.7. The Morgan fingerprint density at radius 3 is 2.56 bits per heavy atom. The molecule has 4 nitrogen and oxygen atoms in total. The summed E-state index contributed by atoms with van der Waals surface area (Å²) in [6.45, 7) is 0.593. The van der Waals surface area contributed by atoms with Crippen LogP contribution in [0, 0.1) is 11.7 Å². The van der Waals surface area contributed by atoms with Crippen LogP contribution in [0.2, 0.25) is 5.02 Å². The number of hydrogen-bond acceptors (Lipinski definition) is 2. The SMILES string of the molecule is O=C(N[C@H]1C[C@@H]2C[C@H]1CN2C(=O)Cc1c(F)cccc1Cl)c1ccccc1. The first-order valence-corrected chi connectivity index (χ1v) is 9.49. The summed E-state index contributed by atoms with van der Waals surface area (Å²) in [5, 5.41) is 3.37. The summed E-state index contributed by atoms with van der Waals surface area (Å²) in [4.78, 5) is 26.9. The molecule has 6 heteroatoms. The van der Waals surface area contributed by atoms with Crippen molar-refractivity contribution in [3.63, 3.8) is 0 Å². The van der Waals surface area contributed by atoms with E-state index >= 15 is 0 Å². The molecule has 0 spiro atoms. The molecule has 0 unspecified atom stereocenters. The van der Waals surface area contributed by atoms with Crippen LogP contribution in [0.1, 0.15) is 28.8 Å². The van der Waals surface area contributed by atoms with E-state index in [1.54, 1.807) is 18.2 Å². The number of benzene rings is 2. The minimum Gasteiger partial charge on any atom is -0.349 e. The van der Waals surface area contributed by atoms with Crippen LogP contribution >= 0.6 is 11.6 Å². The van der Waals surface area contributed by atoms with Crippen molar-refractivity contribution in [3.05, 3.63) is 70.5 Å². The fraction of sp³-hybridized carbons (Fsp3) is 0.333. The van der Waals surface area contributed by atoms with E-state index in [1.807, 2.05) is 23.1 Å². The van der Waals surface area contributed by atoms with Crippen LogP contribution in [-0.4, -0.2) is 35.3 Å². The van der Waals surface area contributed by atoms with Crippen LogP contribution in [0.15, 0.2) is 48.5 Å². The fourth-order valence-electron chi connectivity index (χ4n) is 4.23. The maximum atomic E-state index is 13.9. The Balaban J connectivity index is 1.37. The minimum atomic E-state index is -0.451. The van der Waals surface area contributed by atoms with E-state index in [1.165, 1.54) is 12.1 Å². The van der Waals surface area contributed by atoms with E-state index < -0.39 is 5.82 Å². The minimum absolute atomic E-state index is 0.0320. The molecule has 27 heavy (non-hydrogen) atoms. The Bertz CT molecular complexity index is 853. The van der Waals surface area contributed by atoms with Gasteiger partial charge in [-0.25, -0.2) is 4.39 Å². The lowest BCUT2D eigenvalue weighted by Gasteiger charge is -2.32. The molecule has 2 aromatic carbocycles. The summed E-state index contributed by atoms with van der Waals surface area (Å²) in [7, 11) is 0. The summed E-state index contributed by atoms with van der Waals surface area (Å²) in [5.74, 6) is -0.401. The van der Waals surface area contributed by atoms with Crippen LogP contribution in [0.25, 0.3) is 0 Å². The van der Waals surface area contributed by atoms with Crippen molar-refractivity contribution in [1.29, 1.82) is 0 Å². The van der Waals surface area contributed by atoms with Crippen LogP contribution in [0.3, 0.4) is 0 Å². The summed E-state index contributed by atoms with van der Waals surface area (Å²) < 4.78 is 13.9. The number of fused-ring (bicyclic) bond motifs is 2. The number of amides is 2. The van der Waals surface area contributed by atoms with Crippen molar-refractivity contribution in [2.24, 2.45) is 5.92 Å². The van der Waals surface area contributed by atoms with Gasteiger partial charge < -0.3 is 10.2 Å². The van der Waals surface area contributed by atoms with Crippen molar-refractivity contribution in [2.75, 3.05) is 6.54 Å². The number of nitrogens with zero attached hydrogens (tertiary/aromatic N) is 1. The van der Waals surface area contributed by atoms with Crippen molar-refractivity contribution >= 4 is 23.4 Å². The lowest BCUT2D eigenvalue weighted by Crippen LogP contribution is -2.48. The number of piperidine rings is 1. The summed E-state index contributed by atoms with van der Waals surface area (Å²) in [6, 6.07) is 13.7. The highest BCUT2D eigenvalue weighted by atomic mass is 35.5. The summed E-state index contributed by atoms with van der Waals surface area (Å²) in [5.41, 5.74) is 0.892. The molecule has 2 amide bonds. The Labute approximate surface area is 162 Å². The Morgan fingerprint density at radius 2 is 1.89 bits per heavy atom. The maximum absolute atomic E-state index is 13.9. The van der Waals surface area contributed by atoms with Gasteiger partial charge in [-0.1, -0.05) is 35.9 Å². The van der Waals surface area contributed by atoms with Crippen LogP contribution < -0.4 is 5.32 Å². The molecule has 1 saturated heterocycles. The molecule has 2 bridgehead atoms. The van der Waals surface area contributed by atoms with Gasteiger partial charge in [-0.05, 0) is 43.0 Å². The molecule has 1 N–H and O–H groups in total. The van der Waals surface area contributed by atoms with Gasteiger partial charge in [0.25, 0.3) is 5.91 Å². The highest BCUT2D eigenvalue weighted by Gasteiger charge is 2.46. The second kappa shape index (κ2) is 7.31. The third-order valence-electron chi connectivity index (χ3n) is 5.60. The third-order valence-corrected chi connectivity index (χ3v) is 5.96. The number of hydrogen-bond donors (Lipinski definition) is 1. The van der Waals surface area contributed by atoms with Gasteiger partial charge in [-0.2, -0.15) is 0 Å². The molecule has 1 saturated carbocycles. The number of carbonyl (C=O) groups excluding carboxylic acids is 2. The first-order valence-electron chi connectivity index (χ1n) is 9.11. The molecule has 2 aromatic rings. The average Bonchev–Trinajstić information content (AvgIpc) is 3.26. The largest absolute Gasteiger partial charge is 0.349 e. The molecule has 1 aliphatic carbocycles. The average molecular weight is 387 g/mol. The van der Waals surface area contributed by atoms with E-state index in [9.17, 15) is 14.0 Å². The van der Waals surface area contributed by atoms with E-state index in [0.29, 0.717) is 12.1 Å². The second-order valence-electron chi connectivity index (χ2n) is 7.25. The predicted octanol–water partition coefficient (Wildman–Crippen LogP) is 3.44. The van der Waals surface area contributed by atoms with E-state index in [4.69, 9.17) is 11.6 Å². The standard InChI is InChI=1S/C21H20ClFN2O2/c22-17-7-4-8-18(23)16(17)11-20(26)25-12-14-9-15(25)10-19(14)24-21(27)13-5-2-1-3-6-13/h1-8,14-15,19H,9-12H2,(H,24,27)/t14-,15-,19-/m0/s1. The third kappa shape index (κ3) is 3.56. The highest BCUT2D eigenvalue weighted by Crippen LogP contribution is 2.38. The molecule has 0 aromatic heterocycles. The number of rotatable bonds is 4. The molecule has 1 heterocycles. The number of nitrogens with one attached hydrogen (secondary N) is 1. The summed E-state index contributed by atoms with van der Waals surface area (Å²) in [6.07, 6.45) is 1.58. The summed E-state index contributed by atoms with van der Waals surface area (Å²) >= 11 is 6.04. The van der Waals surface area contributed by atoms with Gasteiger partial charge in [-0.3, -0.25) is 9.59 Å². The lowest BCUT2D eigenvalue weighted by atomic mass is 10.0. The molecule has 140 valence electrons. The number of halogens is 2. The van der Waals surface area contributed by atoms with Crippen molar-refractivity contribution in [2.45, 2.75) is 31.3 Å². The lowest BCUT2D eigenvalue weighted by molar-refractivity contribution is -0.132. The normalized spacial score (nSPS) is 23.5. The molecule has 3 atom stereocenters. The Kier molecular flexibility index (Phi) is 4.87. The zero-order valence-corrected chi connectivity index (χ0v) is 15.5. The molecule has 2 aliphatic rings. The van der Waals surface area contributed by atoms with Gasteiger partial charge in [0.1, 0.15) is 5.82 Å². The van der Waals surface area contributed by atoms with Gasteiger partial charge in [0, 0.05) is 34.8 Å². The number of likely N-dealkylation sites (tertiary alicyclic amines) is 1. The van der Waals surface area contributed by atoms with E-state index in [2.05, 4.69) is 5.32 Å². The number of carbonyl (C=O) groups is 2. The Morgan fingerprint density at radius 1 is 1.11 bits per heavy atom. The van der Waals surface area contributed by atoms with E-state index in [0.717, 1.165) is 12.8 Å². The van der Waals surface area contributed by atoms with Gasteiger partial charge in [0.05, 0.1) is 6.42 Å². The monoisotopic (exact) mass is 386 g/mol. The topological polar surface area (TPSA) is 49.4 Å². The first kappa shape index (κ1) is 18.0.